The zero-order valence-corrected chi connectivity index (χ0v) is 13.3. The first-order valence-electron chi connectivity index (χ1n) is 7.83. The van der Waals surface area contributed by atoms with E-state index >= 15 is 0 Å². The molecule has 1 aromatic carbocycles. The van der Waals surface area contributed by atoms with Crippen LogP contribution in [0.1, 0.15) is 59.4 Å². The van der Waals surface area contributed by atoms with Gasteiger partial charge in [-0.15, -0.1) is 0 Å². The fourth-order valence-corrected chi connectivity index (χ4v) is 2.77. The smallest absolute Gasteiger partial charge is 0.254 e. The van der Waals surface area contributed by atoms with Crippen molar-refractivity contribution in [3.63, 3.8) is 0 Å². The second-order valence-electron chi connectivity index (χ2n) is 6.43. The van der Waals surface area contributed by atoms with E-state index in [-0.39, 0.29) is 23.3 Å². The molecule has 0 aromatic heterocycles. The van der Waals surface area contributed by atoms with E-state index in [9.17, 15) is 9.59 Å². The number of carbonyl (C=O) groups is 2. The maximum Gasteiger partial charge on any atom is 0.254 e. The van der Waals surface area contributed by atoms with Crippen molar-refractivity contribution in [2.24, 2.45) is 0 Å². The zero-order valence-electron chi connectivity index (χ0n) is 13.3. The molecule has 118 valence electrons. The number of hydrogen-bond acceptors (Lipinski definition) is 3. The van der Waals surface area contributed by atoms with Gasteiger partial charge in [-0.3, -0.25) is 9.59 Å². The summed E-state index contributed by atoms with van der Waals surface area (Å²) in [6.07, 6.45) is 2.96. The van der Waals surface area contributed by atoms with Gasteiger partial charge in [0.25, 0.3) is 11.8 Å². The van der Waals surface area contributed by atoms with Gasteiger partial charge in [0.2, 0.25) is 0 Å². The van der Waals surface area contributed by atoms with Crippen molar-refractivity contribution in [1.29, 1.82) is 0 Å². The second-order valence-corrected chi connectivity index (χ2v) is 6.43. The zero-order chi connectivity index (χ0) is 15.9. The average molecular weight is 302 g/mol. The van der Waals surface area contributed by atoms with Crippen LogP contribution in [-0.4, -0.2) is 31.5 Å². The molecule has 1 aliphatic heterocycles. The van der Waals surface area contributed by atoms with Crippen molar-refractivity contribution in [2.45, 2.75) is 44.6 Å². The molecule has 0 radical (unpaired) electrons. The Morgan fingerprint density at radius 2 is 2.05 bits per heavy atom. The summed E-state index contributed by atoms with van der Waals surface area (Å²) in [4.78, 5) is 24.5. The SMILES string of the molecule is CC[C@@]1(C)COc2c(C(=O)NC)cc(C(=O)NC3CC3)cc21. The number of carbonyl (C=O) groups excluding carboxylic acids is 2. The topological polar surface area (TPSA) is 67.4 Å². The van der Waals surface area contributed by atoms with E-state index in [1.165, 1.54) is 0 Å². The molecule has 2 aliphatic rings. The second kappa shape index (κ2) is 5.30. The Labute approximate surface area is 130 Å². The third-order valence-electron chi connectivity index (χ3n) is 4.70. The molecule has 1 aliphatic carbocycles. The summed E-state index contributed by atoms with van der Waals surface area (Å²) in [5.41, 5.74) is 1.78. The van der Waals surface area contributed by atoms with Gasteiger partial charge in [-0.05, 0) is 31.4 Å². The lowest BCUT2D eigenvalue weighted by molar-refractivity contribution is 0.0951. The van der Waals surface area contributed by atoms with Gasteiger partial charge in [-0.25, -0.2) is 0 Å². The minimum Gasteiger partial charge on any atom is -0.492 e. The highest BCUT2D eigenvalue weighted by atomic mass is 16.5. The van der Waals surface area contributed by atoms with Gasteiger partial charge in [0.1, 0.15) is 5.75 Å². The fourth-order valence-electron chi connectivity index (χ4n) is 2.77. The normalized spacial score (nSPS) is 22.7. The Bertz CT molecular complexity index is 637. The summed E-state index contributed by atoms with van der Waals surface area (Å²) in [7, 11) is 1.58. The minimum atomic E-state index is -0.224. The first kappa shape index (κ1) is 14.9. The van der Waals surface area contributed by atoms with Crippen molar-refractivity contribution in [3.8, 4) is 5.75 Å². The third kappa shape index (κ3) is 2.45. The Morgan fingerprint density at radius 1 is 1.32 bits per heavy atom. The molecule has 1 fully saturated rings. The molecule has 22 heavy (non-hydrogen) atoms. The molecule has 5 heteroatoms. The molecule has 1 heterocycles. The number of benzene rings is 1. The summed E-state index contributed by atoms with van der Waals surface area (Å²) in [6, 6.07) is 3.81. The quantitative estimate of drug-likeness (QED) is 0.894. The average Bonchev–Trinajstić information content (AvgIpc) is 3.28. The van der Waals surface area contributed by atoms with Crippen LogP contribution in [0.3, 0.4) is 0 Å². The summed E-state index contributed by atoms with van der Waals surface area (Å²) in [6.45, 7) is 4.74. The van der Waals surface area contributed by atoms with Crippen LogP contribution in [0.2, 0.25) is 0 Å². The van der Waals surface area contributed by atoms with Crippen molar-refractivity contribution in [2.75, 3.05) is 13.7 Å². The summed E-state index contributed by atoms with van der Waals surface area (Å²) in [5, 5.41) is 5.60. The Balaban J connectivity index is 2.06. The van der Waals surface area contributed by atoms with Crippen molar-refractivity contribution in [3.05, 3.63) is 28.8 Å². The highest BCUT2D eigenvalue weighted by Crippen LogP contribution is 2.43. The number of rotatable bonds is 4. The van der Waals surface area contributed by atoms with Gasteiger partial charge in [0.15, 0.2) is 0 Å². The first-order chi connectivity index (χ1) is 10.5. The van der Waals surface area contributed by atoms with Crippen LogP contribution in [0.25, 0.3) is 0 Å². The van der Waals surface area contributed by atoms with Gasteiger partial charge in [-0.1, -0.05) is 13.8 Å². The molecule has 1 aromatic rings. The molecule has 2 N–H and O–H groups in total. The number of nitrogens with one attached hydrogen (secondary N) is 2. The fraction of sp³-hybridized carbons (Fsp3) is 0.529. The lowest BCUT2D eigenvalue weighted by Gasteiger charge is -2.20. The van der Waals surface area contributed by atoms with Gasteiger partial charge < -0.3 is 15.4 Å². The Hall–Kier alpha value is -2.04. The van der Waals surface area contributed by atoms with E-state index in [1.807, 2.05) is 6.07 Å². The predicted octanol–water partition coefficient (Wildman–Crippen LogP) is 2.00. The van der Waals surface area contributed by atoms with Gasteiger partial charge in [-0.2, -0.15) is 0 Å². The predicted molar refractivity (Wildman–Crippen MR) is 83.5 cm³/mol. The van der Waals surface area contributed by atoms with Crippen LogP contribution in [-0.2, 0) is 5.41 Å². The van der Waals surface area contributed by atoms with E-state index in [0.717, 1.165) is 24.8 Å². The monoisotopic (exact) mass is 302 g/mol. The van der Waals surface area contributed by atoms with E-state index in [2.05, 4.69) is 24.5 Å². The van der Waals surface area contributed by atoms with Crippen LogP contribution in [0, 0.1) is 0 Å². The minimum absolute atomic E-state index is 0.110. The lowest BCUT2D eigenvalue weighted by Crippen LogP contribution is -2.27. The van der Waals surface area contributed by atoms with Gasteiger partial charge in [0.05, 0.1) is 12.2 Å². The van der Waals surface area contributed by atoms with E-state index < -0.39 is 0 Å². The molecule has 2 amide bonds. The van der Waals surface area contributed by atoms with Crippen LogP contribution >= 0.6 is 0 Å². The Morgan fingerprint density at radius 3 is 2.64 bits per heavy atom. The number of hydrogen-bond donors (Lipinski definition) is 2. The van der Waals surface area contributed by atoms with E-state index in [0.29, 0.717) is 23.5 Å². The molecule has 0 saturated heterocycles. The van der Waals surface area contributed by atoms with Crippen molar-refractivity contribution in [1.82, 2.24) is 10.6 Å². The van der Waals surface area contributed by atoms with E-state index in [4.69, 9.17) is 4.74 Å². The van der Waals surface area contributed by atoms with Gasteiger partial charge >= 0.3 is 0 Å². The maximum atomic E-state index is 12.4. The molecular formula is C17H22N2O3. The molecule has 0 bridgehead atoms. The lowest BCUT2D eigenvalue weighted by atomic mass is 9.80. The number of fused-ring (bicyclic) bond motifs is 1. The molecule has 1 saturated carbocycles. The van der Waals surface area contributed by atoms with Gasteiger partial charge in [0, 0.05) is 29.6 Å². The number of ether oxygens (including phenoxy) is 1. The maximum absolute atomic E-state index is 12.4. The Kier molecular flexibility index (Phi) is 3.59. The highest BCUT2D eigenvalue weighted by molar-refractivity contribution is 6.02. The molecule has 1 atom stereocenters. The molecular weight excluding hydrogens is 280 g/mol. The van der Waals surface area contributed by atoms with Crippen LogP contribution in [0.5, 0.6) is 5.75 Å². The largest absolute Gasteiger partial charge is 0.492 e. The molecule has 5 nitrogen and oxygen atoms in total. The summed E-state index contributed by atoms with van der Waals surface area (Å²) in [5.74, 6) is 0.283. The highest BCUT2D eigenvalue weighted by Gasteiger charge is 2.38. The third-order valence-corrected chi connectivity index (χ3v) is 4.70. The number of amides is 2. The molecule has 0 unspecified atom stereocenters. The van der Waals surface area contributed by atoms with Crippen LogP contribution in [0.4, 0.5) is 0 Å². The van der Waals surface area contributed by atoms with Crippen LogP contribution in [0.15, 0.2) is 12.1 Å². The standard InChI is InChI=1S/C17H22N2O3/c1-4-17(2)9-22-14-12(16(21)18-3)7-10(8-13(14)17)15(20)19-11-5-6-11/h7-8,11H,4-6,9H2,1-3H3,(H,18,21)(H,19,20)/t17-/m0/s1. The summed E-state index contributed by atoms with van der Waals surface area (Å²) < 4.78 is 5.79. The molecule has 3 rings (SSSR count). The van der Waals surface area contributed by atoms with Crippen molar-refractivity contribution >= 4 is 11.8 Å². The van der Waals surface area contributed by atoms with E-state index in [1.54, 1.807) is 13.1 Å². The van der Waals surface area contributed by atoms with Crippen LogP contribution < -0.4 is 15.4 Å². The molecule has 0 spiro atoms. The summed E-state index contributed by atoms with van der Waals surface area (Å²) >= 11 is 0. The van der Waals surface area contributed by atoms with Crippen molar-refractivity contribution < 1.29 is 14.3 Å². The first-order valence-corrected chi connectivity index (χ1v) is 7.83.